The van der Waals surface area contributed by atoms with Crippen LogP contribution < -0.4 is 10.5 Å². The molecule has 2 nitrogen and oxygen atoms in total. The van der Waals surface area contributed by atoms with Crippen molar-refractivity contribution in [3.05, 3.63) is 29.6 Å². The minimum Gasteiger partial charge on any atom is -0.491 e. The predicted molar refractivity (Wildman–Crippen MR) is 59.5 cm³/mol. The van der Waals surface area contributed by atoms with Crippen molar-refractivity contribution in [1.29, 1.82) is 0 Å². The second-order valence-corrected chi connectivity index (χ2v) is 4.36. The van der Waals surface area contributed by atoms with E-state index in [2.05, 4.69) is 0 Å². The molecule has 0 bridgehead atoms. The molecular formula is C12H18FNO. The first-order valence-electron chi connectivity index (χ1n) is 5.12. The molecule has 0 heterocycles. The molecule has 0 aliphatic heterocycles. The SMILES string of the molecule is CCOc1ccc(CC(C)(C)N)cc1F. The van der Waals surface area contributed by atoms with Gasteiger partial charge in [0.2, 0.25) is 0 Å². The molecule has 0 aliphatic carbocycles. The van der Waals surface area contributed by atoms with Crippen LogP contribution in [0.5, 0.6) is 5.75 Å². The van der Waals surface area contributed by atoms with E-state index in [4.69, 9.17) is 10.5 Å². The van der Waals surface area contributed by atoms with Crippen molar-refractivity contribution >= 4 is 0 Å². The third-order valence-corrected chi connectivity index (χ3v) is 1.96. The number of halogens is 1. The molecular weight excluding hydrogens is 193 g/mol. The third-order valence-electron chi connectivity index (χ3n) is 1.96. The van der Waals surface area contributed by atoms with Crippen LogP contribution in [0.25, 0.3) is 0 Å². The molecule has 0 radical (unpaired) electrons. The van der Waals surface area contributed by atoms with Crippen LogP contribution in [0.2, 0.25) is 0 Å². The van der Waals surface area contributed by atoms with Gasteiger partial charge in [0.05, 0.1) is 6.61 Å². The molecule has 0 aliphatic rings. The number of rotatable bonds is 4. The van der Waals surface area contributed by atoms with Crippen LogP contribution in [0.15, 0.2) is 18.2 Å². The van der Waals surface area contributed by atoms with E-state index in [1.54, 1.807) is 6.07 Å². The molecule has 1 aromatic carbocycles. The highest BCUT2D eigenvalue weighted by atomic mass is 19.1. The normalized spacial score (nSPS) is 11.5. The van der Waals surface area contributed by atoms with Gasteiger partial charge in [-0.2, -0.15) is 0 Å². The number of nitrogens with two attached hydrogens (primary N) is 1. The van der Waals surface area contributed by atoms with Crippen molar-refractivity contribution in [2.45, 2.75) is 32.7 Å². The van der Waals surface area contributed by atoms with Gasteiger partial charge in [0.1, 0.15) is 0 Å². The lowest BCUT2D eigenvalue weighted by Gasteiger charge is -2.18. The maximum Gasteiger partial charge on any atom is 0.165 e. The fraction of sp³-hybridized carbons (Fsp3) is 0.500. The van der Waals surface area contributed by atoms with Crippen LogP contribution in [0.4, 0.5) is 4.39 Å². The van der Waals surface area contributed by atoms with E-state index in [0.29, 0.717) is 18.8 Å². The minimum absolute atomic E-state index is 0.302. The van der Waals surface area contributed by atoms with Crippen molar-refractivity contribution in [3.8, 4) is 5.75 Å². The lowest BCUT2D eigenvalue weighted by atomic mass is 9.96. The van der Waals surface area contributed by atoms with Crippen LogP contribution in [-0.2, 0) is 6.42 Å². The third kappa shape index (κ3) is 3.88. The van der Waals surface area contributed by atoms with Gasteiger partial charge in [-0.15, -0.1) is 0 Å². The fourth-order valence-electron chi connectivity index (χ4n) is 1.45. The second kappa shape index (κ2) is 4.62. The van der Waals surface area contributed by atoms with Gasteiger partial charge < -0.3 is 10.5 Å². The summed E-state index contributed by atoms with van der Waals surface area (Å²) in [4.78, 5) is 0. The zero-order chi connectivity index (χ0) is 11.5. The standard InChI is InChI=1S/C12H18FNO/c1-4-15-11-6-5-9(7-10(11)13)8-12(2,3)14/h5-7H,4,8,14H2,1-3H3. The van der Waals surface area contributed by atoms with E-state index in [9.17, 15) is 4.39 Å². The maximum absolute atomic E-state index is 13.4. The minimum atomic E-state index is -0.321. The summed E-state index contributed by atoms with van der Waals surface area (Å²) in [6.07, 6.45) is 0.649. The summed E-state index contributed by atoms with van der Waals surface area (Å²) < 4.78 is 18.6. The van der Waals surface area contributed by atoms with Gasteiger partial charge in [-0.25, -0.2) is 4.39 Å². The maximum atomic E-state index is 13.4. The van der Waals surface area contributed by atoms with E-state index in [1.165, 1.54) is 6.07 Å². The first-order chi connectivity index (χ1) is 6.92. The van der Waals surface area contributed by atoms with E-state index >= 15 is 0 Å². The van der Waals surface area contributed by atoms with Crippen LogP contribution in [0.3, 0.4) is 0 Å². The van der Waals surface area contributed by atoms with E-state index in [1.807, 2.05) is 26.8 Å². The Morgan fingerprint density at radius 1 is 1.40 bits per heavy atom. The van der Waals surface area contributed by atoms with E-state index in [0.717, 1.165) is 5.56 Å². The van der Waals surface area contributed by atoms with Crippen LogP contribution >= 0.6 is 0 Å². The zero-order valence-corrected chi connectivity index (χ0v) is 9.51. The molecule has 15 heavy (non-hydrogen) atoms. The second-order valence-electron chi connectivity index (χ2n) is 4.36. The Morgan fingerprint density at radius 2 is 2.07 bits per heavy atom. The monoisotopic (exact) mass is 211 g/mol. The summed E-state index contributed by atoms with van der Waals surface area (Å²) >= 11 is 0. The van der Waals surface area contributed by atoms with E-state index < -0.39 is 0 Å². The Labute approximate surface area is 90.2 Å². The van der Waals surface area contributed by atoms with Gasteiger partial charge in [-0.1, -0.05) is 6.07 Å². The Kier molecular flexibility index (Phi) is 3.69. The molecule has 1 rings (SSSR count). The lowest BCUT2D eigenvalue weighted by molar-refractivity contribution is 0.321. The summed E-state index contributed by atoms with van der Waals surface area (Å²) in [5.41, 5.74) is 6.43. The summed E-state index contributed by atoms with van der Waals surface area (Å²) in [6.45, 7) is 6.14. The lowest BCUT2D eigenvalue weighted by Crippen LogP contribution is -2.34. The number of ether oxygens (including phenoxy) is 1. The quantitative estimate of drug-likeness (QED) is 0.830. The van der Waals surface area contributed by atoms with Crippen LogP contribution in [0.1, 0.15) is 26.3 Å². The highest BCUT2D eigenvalue weighted by molar-refractivity contribution is 5.30. The fourth-order valence-corrected chi connectivity index (χ4v) is 1.45. The molecule has 0 amide bonds. The van der Waals surface area contributed by atoms with Crippen molar-refractivity contribution in [2.24, 2.45) is 5.73 Å². The predicted octanol–water partition coefficient (Wildman–Crippen LogP) is 2.50. The van der Waals surface area contributed by atoms with Gasteiger partial charge in [-0.3, -0.25) is 0 Å². The summed E-state index contributed by atoms with van der Waals surface area (Å²) in [5.74, 6) is -0.0188. The Bertz CT molecular complexity index is 331. The van der Waals surface area contributed by atoms with Crippen LogP contribution in [0, 0.1) is 5.82 Å². The summed E-state index contributed by atoms with van der Waals surface area (Å²) in [5, 5.41) is 0. The molecule has 0 saturated heterocycles. The molecule has 0 saturated carbocycles. The zero-order valence-electron chi connectivity index (χ0n) is 9.51. The van der Waals surface area contributed by atoms with Crippen LogP contribution in [-0.4, -0.2) is 12.1 Å². The smallest absolute Gasteiger partial charge is 0.165 e. The Morgan fingerprint density at radius 3 is 2.53 bits per heavy atom. The number of hydrogen-bond acceptors (Lipinski definition) is 2. The van der Waals surface area contributed by atoms with Crippen molar-refractivity contribution in [1.82, 2.24) is 0 Å². The summed E-state index contributed by atoms with van der Waals surface area (Å²) in [6, 6.07) is 4.99. The van der Waals surface area contributed by atoms with Gasteiger partial charge in [-0.05, 0) is 44.9 Å². The highest BCUT2D eigenvalue weighted by Gasteiger charge is 2.13. The molecule has 0 atom stereocenters. The molecule has 0 spiro atoms. The first-order valence-corrected chi connectivity index (χ1v) is 5.12. The molecule has 3 heteroatoms. The summed E-state index contributed by atoms with van der Waals surface area (Å²) in [7, 11) is 0. The number of benzene rings is 1. The van der Waals surface area contributed by atoms with Crippen molar-refractivity contribution in [2.75, 3.05) is 6.61 Å². The number of hydrogen-bond donors (Lipinski definition) is 1. The van der Waals surface area contributed by atoms with Gasteiger partial charge in [0, 0.05) is 5.54 Å². The molecule has 0 fully saturated rings. The molecule has 2 N–H and O–H groups in total. The molecule has 84 valence electrons. The Hall–Kier alpha value is -1.09. The van der Waals surface area contributed by atoms with Gasteiger partial charge in [0.25, 0.3) is 0 Å². The van der Waals surface area contributed by atoms with Gasteiger partial charge >= 0.3 is 0 Å². The molecule has 0 aromatic heterocycles. The topological polar surface area (TPSA) is 35.2 Å². The van der Waals surface area contributed by atoms with Crippen molar-refractivity contribution in [3.63, 3.8) is 0 Å². The molecule has 0 unspecified atom stereocenters. The van der Waals surface area contributed by atoms with E-state index in [-0.39, 0.29) is 11.4 Å². The average molecular weight is 211 g/mol. The largest absolute Gasteiger partial charge is 0.491 e. The highest BCUT2D eigenvalue weighted by Crippen LogP contribution is 2.20. The first kappa shape index (κ1) is 12.0. The van der Waals surface area contributed by atoms with Crippen molar-refractivity contribution < 1.29 is 9.13 Å². The molecule has 1 aromatic rings. The Balaban J connectivity index is 2.82. The average Bonchev–Trinajstić information content (AvgIpc) is 2.07. The van der Waals surface area contributed by atoms with Gasteiger partial charge in [0.15, 0.2) is 11.6 Å².